The summed E-state index contributed by atoms with van der Waals surface area (Å²) >= 11 is 0. The molecular formula is C13H24O3. The quantitative estimate of drug-likeness (QED) is 0.496. The van der Waals surface area contributed by atoms with Crippen LogP contribution in [-0.4, -0.2) is 23.8 Å². The van der Waals surface area contributed by atoms with Crippen molar-refractivity contribution in [2.45, 2.75) is 71.0 Å². The minimum absolute atomic E-state index is 0.171. The van der Waals surface area contributed by atoms with Crippen molar-refractivity contribution in [3.05, 3.63) is 0 Å². The van der Waals surface area contributed by atoms with Gasteiger partial charge in [0.2, 0.25) is 0 Å². The molecular weight excluding hydrogens is 204 g/mol. The molecule has 2 unspecified atom stereocenters. The van der Waals surface area contributed by atoms with Crippen molar-refractivity contribution in [1.82, 2.24) is 0 Å². The maximum Gasteiger partial charge on any atom is 0.341 e. The molecule has 1 rings (SSSR count). The van der Waals surface area contributed by atoms with Gasteiger partial charge in [0.1, 0.15) is 5.60 Å². The van der Waals surface area contributed by atoms with Crippen LogP contribution < -0.4 is 0 Å². The molecule has 0 spiro atoms. The Labute approximate surface area is 98.5 Å². The zero-order valence-corrected chi connectivity index (χ0v) is 11.0. The van der Waals surface area contributed by atoms with Crippen LogP contribution in [0.5, 0.6) is 0 Å². The Balaban J connectivity index is 2.67. The molecule has 0 saturated carbocycles. The first-order valence-corrected chi connectivity index (χ1v) is 6.43. The zero-order valence-electron chi connectivity index (χ0n) is 11.0. The predicted octanol–water partition coefficient (Wildman–Crippen LogP) is 3.07. The lowest BCUT2D eigenvalue weighted by atomic mass is 9.86. The van der Waals surface area contributed by atoms with E-state index in [1.165, 1.54) is 0 Å². The third-order valence-electron chi connectivity index (χ3n) is 3.43. The van der Waals surface area contributed by atoms with Crippen LogP contribution >= 0.6 is 0 Å². The standard InChI is InChI=1S/C13H24O3/c1-5-8-10-12(4)13(16-12,9-6-2)11(14)15-7-3/h5-10H2,1-4H3. The summed E-state index contributed by atoms with van der Waals surface area (Å²) in [6, 6.07) is 0. The lowest BCUT2D eigenvalue weighted by Crippen LogP contribution is -2.34. The molecule has 2 atom stereocenters. The van der Waals surface area contributed by atoms with E-state index in [1.54, 1.807) is 0 Å². The van der Waals surface area contributed by atoms with Gasteiger partial charge in [-0.05, 0) is 26.7 Å². The first-order valence-electron chi connectivity index (χ1n) is 6.43. The van der Waals surface area contributed by atoms with Crippen molar-refractivity contribution in [3.8, 4) is 0 Å². The first kappa shape index (κ1) is 13.5. The summed E-state index contributed by atoms with van der Waals surface area (Å²) < 4.78 is 10.9. The van der Waals surface area contributed by atoms with Crippen molar-refractivity contribution in [2.75, 3.05) is 6.61 Å². The molecule has 1 saturated heterocycles. The summed E-state index contributed by atoms with van der Waals surface area (Å²) in [5, 5.41) is 0. The molecule has 0 aliphatic carbocycles. The lowest BCUT2D eigenvalue weighted by molar-refractivity contribution is -0.149. The molecule has 1 aliphatic heterocycles. The van der Waals surface area contributed by atoms with Gasteiger partial charge in [-0.2, -0.15) is 0 Å². The van der Waals surface area contributed by atoms with Crippen molar-refractivity contribution in [2.24, 2.45) is 0 Å². The van der Waals surface area contributed by atoms with E-state index in [1.807, 2.05) is 13.8 Å². The lowest BCUT2D eigenvalue weighted by Gasteiger charge is -2.14. The molecule has 1 aliphatic rings. The smallest absolute Gasteiger partial charge is 0.341 e. The molecule has 1 fully saturated rings. The number of hydrogen-bond donors (Lipinski definition) is 0. The van der Waals surface area contributed by atoms with Crippen LogP contribution in [0.3, 0.4) is 0 Å². The summed E-state index contributed by atoms with van der Waals surface area (Å²) in [5.74, 6) is -0.171. The monoisotopic (exact) mass is 228 g/mol. The fourth-order valence-electron chi connectivity index (χ4n) is 2.40. The molecule has 0 radical (unpaired) electrons. The third-order valence-corrected chi connectivity index (χ3v) is 3.43. The van der Waals surface area contributed by atoms with Gasteiger partial charge in [-0.1, -0.05) is 33.1 Å². The summed E-state index contributed by atoms with van der Waals surface area (Å²) in [5.41, 5.74) is -0.932. The van der Waals surface area contributed by atoms with Crippen LogP contribution in [0, 0.1) is 0 Å². The van der Waals surface area contributed by atoms with E-state index in [2.05, 4.69) is 13.8 Å². The second-order valence-electron chi connectivity index (χ2n) is 4.73. The summed E-state index contributed by atoms with van der Waals surface area (Å²) in [7, 11) is 0. The highest BCUT2D eigenvalue weighted by Gasteiger charge is 2.71. The Kier molecular flexibility index (Phi) is 4.36. The number of esters is 1. The number of unbranched alkanes of at least 4 members (excludes halogenated alkanes) is 1. The first-order chi connectivity index (χ1) is 7.56. The normalized spacial score (nSPS) is 32.5. The number of ether oxygens (including phenoxy) is 2. The number of carbonyl (C=O) groups excluding carboxylic acids is 1. The second-order valence-corrected chi connectivity index (χ2v) is 4.73. The van der Waals surface area contributed by atoms with E-state index < -0.39 is 5.60 Å². The Morgan fingerprint density at radius 3 is 2.38 bits per heavy atom. The van der Waals surface area contributed by atoms with E-state index >= 15 is 0 Å². The van der Waals surface area contributed by atoms with Gasteiger partial charge in [-0.3, -0.25) is 0 Å². The zero-order chi connectivity index (χ0) is 12.2. The fourth-order valence-corrected chi connectivity index (χ4v) is 2.40. The minimum Gasteiger partial charge on any atom is -0.464 e. The number of rotatable bonds is 7. The molecule has 94 valence electrons. The molecule has 0 amide bonds. The van der Waals surface area contributed by atoms with Crippen molar-refractivity contribution in [3.63, 3.8) is 0 Å². The van der Waals surface area contributed by atoms with Gasteiger partial charge in [0, 0.05) is 0 Å². The molecule has 3 nitrogen and oxygen atoms in total. The van der Waals surface area contributed by atoms with Gasteiger partial charge >= 0.3 is 5.97 Å². The number of hydrogen-bond acceptors (Lipinski definition) is 3. The summed E-state index contributed by atoms with van der Waals surface area (Å²) in [6.45, 7) is 8.52. The second kappa shape index (κ2) is 5.17. The van der Waals surface area contributed by atoms with Gasteiger partial charge in [0.25, 0.3) is 0 Å². The van der Waals surface area contributed by atoms with Crippen LogP contribution in [-0.2, 0) is 14.3 Å². The Bertz CT molecular complexity index is 252. The van der Waals surface area contributed by atoms with Crippen LogP contribution in [0.15, 0.2) is 0 Å². The largest absolute Gasteiger partial charge is 0.464 e. The van der Waals surface area contributed by atoms with Gasteiger partial charge in [0.15, 0.2) is 5.60 Å². The van der Waals surface area contributed by atoms with Crippen LogP contribution in [0.2, 0.25) is 0 Å². The van der Waals surface area contributed by atoms with E-state index in [0.29, 0.717) is 6.61 Å². The Hall–Kier alpha value is -0.570. The van der Waals surface area contributed by atoms with Gasteiger partial charge in [0.05, 0.1) is 6.61 Å². The maximum atomic E-state index is 11.9. The molecule has 0 aromatic heterocycles. The van der Waals surface area contributed by atoms with Crippen LogP contribution in [0.25, 0.3) is 0 Å². The molecule has 0 aromatic carbocycles. The average molecular weight is 228 g/mol. The molecule has 1 heterocycles. The molecule has 16 heavy (non-hydrogen) atoms. The highest BCUT2D eigenvalue weighted by molar-refractivity contribution is 5.84. The Morgan fingerprint density at radius 2 is 1.88 bits per heavy atom. The molecule has 0 bridgehead atoms. The minimum atomic E-state index is -0.646. The van der Waals surface area contributed by atoms with E-state index in [9.17, 15) is 4.79 Å². The van der Waals surface area contributed by atoms with Crippen molar-refractivity contribution in [1.29, 1.82) is 0 Å². The summed E-state index contributed by atoms with van der Waals surface area (Å²) in [4.78, 5) is 11.9. The van der Waals surface area contributed by atoms with Crippen LogP contribution in [0.4, 0.5) is 0 Å². The summed E-state index contributed by atoms with van der Waals surface area (Å²) in [6.07, 6.45) is 4.89. The average Bonchev–Trinajstić information content (AvgIpc) is 2.84. The van der Waals surface area contributed by atoms with Crippen LogP contribution in [0.1, 0.15) is 59.8 Å². The molecule has 0 N–H and O–H groups in total. The topological polar surface area (TPSA) is 38.8 Å². The van der Waals surface area contributed by atoms with E-state index in [4.69, 9.17) is 9.47 Å². The van der Waals surface area contributed by atoms with Crippen molar-refractivity contribution < 1.29 is 14.3 Å². The predicted molar refractivity (Wildman–Crippen MR) is 63.3 cm³/mol. The number of carbonyl (C=O) groups is 1. The Morgan fingerprint density at radius 1 is 1.19 bits per heavy atom. The van der Waals surface area contributed by atoms with Gasteiger partial charge < -0.3 is 9.47 Å². The molecule has 3 heteroatoms. The highest BCUT2D eigenvalue weighted by Crippen LogP contribution is 2.54. The van der Waals surface area contributed by atoms with E-state index in [0.717, 1.165) is 32.1 Å². The SMILES string of the molecule is CCCCC1(C)OC1(CCC)C(=O)OCC. The number of epoxide rings is 1. The van der Waals surface area contributed by atoms with Gasteiger partial charge in [-0.15, -0.1) is 0 Å². The van der Waals surface area contributed by atoms with Gasteiger partial charge in [-0.25, -0.2) is 4.79 Å². The van der Waals surface area contributed by atoms with E-state index in [-0.39, 0.29) is 11.6 Å². The van der Waals surface area contributed by atoms with Crippen molar-refractivity contribution >= 4 is 5.97 Å². The maximum absolute atomic E-state index is 11.9. The fraction of sp³-hybridized carbons (Fsp3) is 0.923. The highest BCUT2D eigenvalue weighted by atomic mass is 16.7. The molecule has 0 aromatic rings. The third kappa shape index (κ3) is 2.24.